The van der Waals surface area contributed by atoms with Gasteiger partial charge in [0, 0.05) is 12.8 Å². The second-order valence-corrected chi connectivity index (χ2v) is 5.00. The molecule has 0 spiro atoms. The number of hydrogen-bond acceptors (Lipinski definition) is 4. The van der Waals surface area contributed by atoms with Gasteiger partial charge in [-0.2, -0.15) is 0 Å². The Kier molecular flexibility index (Phi) is 4.30. The van der Waals surface area contributed by atoms with E-state index in [0.29, 0.717) is 25.9 Å². The molecule has 0 saturated heterocycles. The van der Waals surface area contributed by atoms with Crippen LogP contribution >= 0.6 is 0 Å². The van der Waals surface area contributed by atoms with Crippen LogP contribution in [-0.2, 0) is 19.0 Å². The van der Waals surface area contributed by atoms with Gasteiger partial charge in [-0.3, -0.25) is 4.79 Å². The average molecular weight is 264 g/mol. The molecule has 1 aliphatic carbocycles. The third-order valence-corrected chi connectivity index (χ3v) is 3.26. The van der Waals surface area contributed by atoms with E-state index in [-0.39, 0.29) is 5.97 Å². The van der Waals surface area contributed by atoms with E-state index in [1.165, 1.54) is 5.57 Å². The van der Waals surface area contributed by atoms with Gasteiger partial charge < -0.3 is 14.2 Å². The van der Waals surface area contributed by atoms with Gasteiger partial charge in [0.2, 0.25) is 0 Å². The van der Waals surface area contributed by atoms with E-state index in [1.807, 2.05) is 19.9 Å². The Balaban J connectivity index is 2.07. The molecule has 2 aliphatic rings. The summed E-state index contributed by atoms with van der Waals surface area (Å²) in [5, 5.41) is 0. The van der Waals surface area contributed by atoms with Gasteiger partial charge in [0.25, 0.3) is 0 Å². The maximum Gasteiger partial charge on any atom is 0.311 e. The van der Waals surface area contributed by atoms with E-state index in [1.54, 1.807) is 7.11 Å². The summed E-state index contributed by atoms with van der Waals surface area (Å²) in [4.78, 5) is 11.3. The molecule has 0 aromatic rings. The molecule has 104 valence electrons. The quantitative estimate of drug-likeness (QED) is 0.577. The molecule has 19 heavy (non-hydrogen) atoms. The molecule has 0 radical (unpaired) electrons. The minimum Gasteiger partial charge on any atom is -0.497 e. The second kappa shape index (κ2) is 5.95. The molecule has 4 heteroatoms. The Bertz CT molecular complexity index is 465. The molecular formula is C15H20O4. The van der Waals surface area contributed by atoms with Gasteiger partial charge in [0.1, 0.15) is 23.9 Å². The third-order valence-electron chi connectivity index (χ3n) is 3.26. The maximum atomic E-state index is 11.3. The fraction of sp³-hybridized carbons (Fsp3) is 0.533. The van der Waals surface area contributed by atoms with Gasteiger partial charge in [-0.15, -0.1) is 0 Å². The number of rotatable bonds is 4. The molecule has 2 rings (SSSR count). The van der Waals surface area contributed by atoms with Crippen molar-refractivity contribution in [1.29, 1.82) is 0 Å². The van der Waals surface area contributed by atoms with Crippen molar-refractivity contribution in [3.63, 3.8) is 0 Å². The third kappa shape index (κ3) is 3.40. The molecule has 0 N–H and O–H groups in total. The Morgan fingerprint density at radius 1 is 1.26 bits per heavy atom. The first-order valence-electron chi connectivity index (χ1n) is 6.54. The predicted octanol–water partition coefficient (Wildman–Crippen LogP) is 3.21. The van der Waals surface area contributed by atoms with Crippen molar-refractivity contribution in [3.05, 3.63) is 34.5 Å². The van der Waals surface area contributed by atoms with Crippen LogP contribution in [0.1, 0.15) is 39.5 Å². The van der Waals surface area contributed by atoms with Crippen molar-refractivity contribution in [2.75, 3.05) is 13.7 Å². The van der Waals surface area contributed by atoms with Crippen LogP contribution in [0, 0.1) is 0 Å². The van der Waals surface area contributed by atoms with Gasteiger partial charge in [-0.1, -0.05) is 5.57 Å². The largest absolute Gasteiger partial charge is 0.497 e. The van der Waals surface area contributed by atoms with Gasteiger partial charge in [-0.25, -0.2) is 0 Å². The fourth-order valence-corrected chi connectivity index (χ4v) is 2.16. The highest BCUT2D eigenvalue weighted by Crippen LogP contribution is 2.36. The topological polar surface area (TPSA) is 44.8 Å². The molecule has 4 nitrogen and oxygen atoms in total. The molecule has 0 fully saturated rings. The first-order valence-corrected chi connectivity index (χ1v) is 6.54. The molecule has 0 aromatic heterocycles. The van der Waals surface area contributed by atoms with Crippen LogP contribution in [0.5, 0.6) is 0 Å². The molecule has 0 bridgehead atoms. The van der Waals surface area contributed by atoms with E-state index in [9.17, 15) is 4.79 Å². The van der Waals surface area contributed by atoms with Crippen LogP contribution in [0.25, 0.3) is 0 Å². The summed E-state index contributed by atoms with van der Waals surface area (Å²) >= 11 is 0. The minimum absolute atomic E-state index is 0.150. The van der Waals surface area contributed by atoms with E-state index < -0.39 is 0 Å². The smallest absolute Gasteiger partial charge is 0.311 e. The normalized spacial score (nSPS) is 18.8. The van der Waals surface area contributed by atoms with Gasteiger partial charge in [-0.05, 0) is 31.9 Å². The van der Waals surface area contributed by atoms with Crippen molar-refractivity contribution in [2.45, 2.75) is 39.5 Å². The molecule has 0 saturated carbocycles. The van der Waals surface area contributed by atoms with Crippen molar-refractivity contribution in [3.8, 4) is 0 Å². The standard InChI is InChI=1S/C15H20O4/c1-10(2)6-7-18-14-9-12-11(8-13(14)17-3)4-5-15(16)19-12/h6H,4-5,7-9H2,1-3H3. The lowest BCUT2D eigenvalue weighted by Gasteiger charge is -2.27. The lowest BCUT2D eigenvalue weighted by molar-refractivity contribution is -0.141. The zero-order valence-corrected chi connectivity index (χ0v) is 11.7. The van der Waals surface area contributed by atoms with Crippen LogP contribution in [0.3, 0.4) is 0 Å². The number of carbonyl (C=O) groups is 1. The summed E-state index contributed by atoms with van der Waals surface area (Å²) in [5.74, 6) is 2.22. The zero-order chi connectivity index (χ0) is 13.8. The molecule has 0 unspecified atom stereocenters. The van der Waals surface area contributed by atoms with E-state index in [4.69, 9.17) is 14.2 Å². The summed E-state index contributed by atoms with van der Waals surface area (Å²) in [6.07, 6.45) is 4.44. The van der Waals surface area contributed by atoms with E-state index in [0.717, 1.165) is 29.3 Å². The molecule has 0 atom stereocenters. The van der Waals surface area contributed by atoms with E-state index in [2.05, 4.69) is 0 Å². The highest BCUT2D eigenvalue weighted by atomic mass is 16.5. The van der Waals surface area contributed by atoms with E-state index >= 15 is 0 Å². The van der Waals surface area contributed by atoms with Crippen LogP contribution < -0.4 is 0 Å². The van der Waals surface area contributed by atoms with Crippen molar-refractivity contribution in [2.24, 2.45) is 0 Å². The monoisotopic (exact) mass is 264 g/mol. The van der Waals surface area contributed by atoms with Crippen LogP contribution in [0.4, 0.5) is 0 Å². The molecular weight excluding hydrogens is 244 g/mol. The van der Waals surface area contributed by atoms with Crippen molar-refractivity contribution < 1.29 is 19.0 Å². The highest BCUT2D eigenvalue weighted by molar-refractivity contribution is 5.72. The fourth-order valence-electron chi connectivity index (χ4n) is 2.16. The molecule has 1 heterocycles. The van der Waals surface area contributed by atoms with Crippen LogP contribution in [-0.4, -0.2) is 19.7 Å². The first-order chi connectivity index (χ1) is 9.10. The Morgan fingerprint density at radius 2 is 2.05 bits per heavy atom. The number of allylic oxidation sites excluding steroid dienone is 2. The molecule has 0 amide bonds. The van der Waals surface area contributed by atoms with Gasteiger partial charge in [0.05, 0.1) is 13.5 Å². The number of carbonyl (C=O) groups excluding carboxylic acids is 1. The van der Waals surface area contributed by atoms with Gasteiger partial charge in [0.15, 0.2) is 0 Å². The molecule has 1 aliphatic heterocycles. The predicted molar refractivity (Wildman–Crippen MR) is 71.0 cm³/mol. The number of esters is 1. The SMILES string of the molecule is COC1=C(OCC=C(C)C)CC2=C(CCC(=O)O2)C1. The van der Waals surface area contributed by atoms with Crippen molar-refractivity contribution >= 4 is 5.97 Å². The zero-order valence-electron chi connectivity index (χ0n) is 11.7. The summed E-state index contributed by atoms with van der Waals surface area (Å²) < 4.78 is 16.4. The van der Waals surface area contributed by atoms with Crippen LogP contribution in [0.15, 0.2) is 34.5 Å². The summed E-state index contributed by atoms with van der Waals surface area (Å²) in [6, 6.07) is 0. The maximum absolute atomic E-state index is 11.3. The first kappa shape index (κ1) is 13.7. The number of hydrogen-bond donors (Lipinski definition) is 0. The summed E-state index contributed by atoms with van der Waals surface area (Å²) in [5.41, 5.74) is 2.37. The summed E-state index contributed by atoms with van der Waals surface area (Å²) in [7, 11) is 1.65. The lowest BCUT2D eigenvalue weighted by atomic mass is 9.95. The summed E-state index contributed by atoms with van der Waals surface area (Å²) in [6.45, 7) is 4.57. The van der Waals surface area contributed by atoms with Crippen molar-refractivity contribution in [1.82, 2.24) is 0 Å². The second-order valence-electron chi connectivity index (χ2n) is 5.00. The average Bonchev–Trinajstić information content (AvgIpc) is 2.37. The van der Waals surface area contributed by atoms with Crippen LogP contribution in [0.2, 0.25) is 0 Å². The Morgan fingerprint density at radius 3 is 2.74 bits per heavy atom. The number of methoxy groups -OCH3 is 1. The Hall–Kier alpha value is -1.71. The number of ether oxygens (including phenoxy) is 3. The lowest BCUT2D eigenvalue weighted by Crippen LogP contribution is -2.19. The highest BCUT2D eigenvalue weighted by Gasteiger charge is 2.28. The van der Waals surface area contributed by atoms with Gasteiger partial charge >= 0.3 is 5.97 Å². The Labute approximate surface area is 113 Å². The minimum atomic E-state index is -0.150. The molecule has 0 aromatic carbocycles.